The molecule has 1 aromatic carbocycles. The van der Waals surface area contributed by atoms with Gasteiger partial charge in [0.25, 0.3) is 0 Å². The Morgan fingerprint density at radius 2 is 1.83 bits per heavy atom. The maximum absolute atomic E-state index is 6.20. The van der Waals surface area contributed by atoms with Crippen LogP contribution in [0.2, 0.25) is 0 Å². The maximum atomic E-state index is 6.20. The molecule has 2 unspecified atom stereocenters. The van der Waals surface area contributed by atoms with E-state index in [-0.39, 0.29) is 18.3 Å². The van der Waals surface area contributed by atoms with E-state index in [0.29, 0.717) is 0 Å². The average molecular weight is 328 g/mol. The first kappa shape index (κ1) is 15.8. The highest BCUT2D eigenvalue weighted by atomic mass is 32.2. The van der Waals surface area contributed by atoms with Crippen molar-refractivity contribution in [1.29, 1.82) is 0 Å². The third-order valence-electron chi connectivity index (χ3n) is 5.76. The second-order valence-corrected chi connectivity index (χ2v) is 9.53. The summed E-state index contributed by atoms with van der Waals surface area (Å²) >= 11 is 2.15. The fourth-order valence-corrected chi connectivity index (χ4v) is 5.18. The van der Waals surface area contributed by atoms with Crippen molar-refractivity contribution in [3.05, 3.63) is 35.9 Å². The van der Waals surface area contributed by atoms with E-state index >= 15 is 0 Å². The van der Waals surface area contributed by atoms with Gasteiger partial charge in [-0.3, -0.25) is 0 Å². The van der Waals surface area contributed by atoms with Crippen LogP contribution in [0.3, 0.4) is 0 Å². The van der Waals surface area contributed by atoms with Gasteiger partial charge in [-0.05, 0) is 63.6 Å². The minimum atomic E-state index is -0.284. The lowest BCUT2D eigenvalue weighted by Crippen LogP contribution is -2.41. The number of hydrogen-bond acceptors (Lipinski definition) is 3. The van der Waals surface area contributed by atoms with Crippen LogP contribution in [-0.2, 0) is 9.31 Å². The van der Waals surface area contributed by atoms with Gasteiger partial charge in [-0.25, -0.2) is 0 Å². The minimum Gasteiger partial charge on any atom is -0.399 e. The van der Waals surface area contributed by atoms with Crippen molar-refractivity contribution in [3.63, 3.8) is 0 Å². The molecule has 2 nitrogen and oxygen atoms in total. The van der Waals surface area contributed by atoms with Crippen molar-refractivity contribution in [2.24, 2.45) is 0 Å². The normalized spacial score (nSPS) is 31.3. The standard InChI is InChI=1S/C19H25BO2S/c1-18(2)19(3,4)22-20(21-18)15-7-5-6-13(10-15)14-11-16-8-9-17(12-14)23-16/h5-7,10-11,16-17H,8-9,12H2,1-4H3. The summed E-state index contributed by atoms with van der Waals surface area (Å²) in [5.74, 6) is 0. The largest absolute Gasteiger partial charge is 0.494 e. The summed E-state index contributed by atoms with van der Waals surface area (Å²) in [6.07, 6.45) is 6.40. The van der Waals surface area contributed by atoms with E-state index in [4.69, 9.17) is 9.31 Å². The van der Waals surface area contributed by atoms with E-state index in [2.05, 4.69) is 69.8 Å². The van der Waals surface area contributed by atoms with Crippen LogP contribution in [0.4, 0.5) is 0 Å². The third kappa shape index (κ3) is 2.79. The fourth-order valence-electron chi connectivity index (χ4n) is 3.62. The Balaban J connectivity index is 1.61. The number of hydrogen-bond donors (Lipinski definition) is 0. The summed E-state index contributed by atoms with van der Waals surface area (Å²) < 4.78 is 12.4. The van der Waals surface area contributed by atoms with Gasteiger partial charge in [0, 0.05) is 10.5 Å². The summed E-state index contributed by atoms with van der Waals surface area (Å²) in [6.45, 7) is 8.43. The van der Waals surface area contributed by atoms with Crippen LogP contribution in [-0.4, -0.2) is 28.8 Å². The van der Waals surface area contributed by atoms with Gasteiger partial charge in [-0.2, -0.15) is 11.8 Å². The van der Waals surface area contributed by atoms with E-state index in [1.165, 1.54) is 30.4 Å². The molecule has 0 radical (unpaired) electrons. The molecule has 2 fully saturated rings. The molecule has 3 aliphatic rings. The van der Waals surface area contributed by atoms with Crippen molar-refractivity contribution in [2.75, 3.05) is 0 Å². The highest BCUT2D eigenvalue weighted by Gasteiger charge is 2.51. The molecule has 23 heavy (non-hydrogen) atoms. The smallest absolute Gasteiger partial charge is 0.399 e. The molecule has 0 spiro atoms. The number of allylic oxidation sites excluding steroid dienone is 1. The zero-order valence-electron chi connectivity index (χ0n) is 14.5. The molecule has 0 saturated carbocycles. The molecule has 2 atom stereocenters. The molecule has 0 amide bonds. The average Bonchev–Trinajstić information content (AvgIpc) is 2.94. The highest BCUT2D eigenvalue weighted by Crippen LogP contribution is 2.45. The van der Waals surface area contributed by atoms with Crippen LogP contribution in [0.1, 0.15) is 52.5 Å². The second kappa shape index (κ2) is 5.40. The predicted molar refractivity (Wildman–Crippen MR) is 99.2 cm³/mol. The quantitative estimate of drug-likeness (QED) is 0.764. The molecule has 4 rings (SSSR count). The lowest BCUT2D eigenvalue weighted by Gasteiger charge is -2.32. The molecule has 3 heterocycles. The van der Waals surface area contributed by atoms with Crippen molar-refractivity contribution in [1.82, 2.24) is 0 Å². The van der Waals surface area contributed by atoms with E-state index in [9.17, 15) is 0 Å². The Morgan fingerprint density at radius 3 is 2.52 bits per heavy atom. The van der Waals surface area contributed by atoms with Crippen molar-refractivity contribution < 1.29 is 9.31 Å². The van der Waals surface area contributed by atoms with E-state index in [1.807, 2.05) is 0 Å². The molecule has 3 aliphatic heterocycles. The van der Waals surface area contributed by atoms with E-state index < -0.39 is 0 Å². The summed E-state index contributed by atoms with van der Waals surface area (Å²) in [6, 6.07) is 8.76. The van der Waals surface area contributed by atoms with Crippen LogP contribution >= 0.6 is 11.8 Å². The summed E-state index contributed by atoms with van der Waals surface area (Å²) in [7, 11) is -0.268. The molecule has 122 valence electrons. The second-order valence-electron chi connectivity index (χ2n) is 7.98. The summed E-state index contributed by atoms with van der Waals surface area (Å²) in [5, 5.41) is 1.55. The molecule has 4 heteroatoms. The highest BCUT2D eigenvalue weighted by molar-refractivity contribution is 8.01. The lowest BCUT2D eigenvalue weighted by molar-refractivity contribution is 0.00578. The zero-order valence-corrected chi connectivity index (χ0v) is 15.3. The first-order valence-corrected chi connectivity index (χ1v) is 9.60. The van der Waals surface area contributed by atoms with Gasteiger partial charge in [-0.15, -0.1) is 0 Å². The number of fused-ring (bicyclic) bond motifs is 2. The number of thioether (sulfide) groups is 1. The molecule has 0 aliphatic carbocycles. The van der Waals surface area contributed by atoms with Gasteiger partial charge in [0.2, 0.25) is 0 Å². The van der Waals surface area contributed by atoms with Gasteiger partial charge in [-0.1, -0.05) is 30.3 Å². The van der Waals surface area contributed by atoms with Gasteiger partial charge in [0.15, 0.2) is 0 Å². The van der Waals surface area contributed by atoms with Crippen molar-refractivity contribution in [2.45, 2.75) is 68.7 Å². The van der Waals surface area contributed by atoms with Gasteiger partial charge >= 0.3 is 7.12 Å². The third-order valence-corrected chi connectivity index (χ3v) is 7.27. The van der Waals surface area contributed by atoms with E-state index in [0.717, 1.165) is 16.0 Å². The first-order chi connectivity index (χ1) is 10.8. The predicted octanol–water partition coefficient (Wildman–Crippen LogP) is 4.04. The zero-order chi connectivity index (χ0) is 16.2. The summed E-state index contributed by atoms with van der Waals surface area (Å²) in [5.41, 5.74) is 3.41. The topological polar surface area (TPSA) is 18.5 Å². The Hall–Kier alpha value is -0.705. The monoisotopic (exact) mass is 328 g/mol. The van der Waals surface area contributed by atoms with E-state index in [1.54, 1.807) is 0 Å². The molecular weight excluding hydrogens is 303 g/mol. The Labute approximate surface area is 144 Å². The number of benzene rings is 1. The Bertz CT molecular complexity index is 637. The van der Waals surface area contributed by atoms with Crippen LogP contribution in [0.5, 0.6) is 0 Å². The van der Waals surface area contributed by atoms with Crippen LogP contribution < -0.4 is 5.46 Å². The van der Waals surface area contributed by atoms with Crippen molar-refractivity contribution in [3.8, 4) is 0 Å². The van der Waals surface area contributed by atoms with Gasteiger partial charge < -0.3 is 9.31 Å². The van der Waals surface area contributed by atoms with Gasteiger partial charge in [0.1, 0.15) is 0 Å². The molecule has 0 N–H and O–H groups in total. The van der Waals surface area contributed by atoms with Crippen LogP contribution in [0.25, 0.3) is 5.57 Å². The molecular formula is C19H25BO2S. The number of rotatable bonds is 2. The van der Waals surface area contributed by atoms with Crippen LogP contribution in [0.15, 0.2) is 30.3 Å². The minimum absolute atomic E-state index is 0.268. The molecule has 1 aromatic rings. The molecule has 2 bridgehead atoms. The first-order valence-electron chi connectivity index (χ1n) is 8.66. The molecule has 2 saturated heterocycles. The Kier molecular flexibility index (Phi) is 3.71. The molecule has 0 aromatic heterocycles. The SMILES string of the molecule is CC1(C)OB(c2cccc(C3=CC4CCC(C3)S4)c2)OC1(C)C. The maximum Gasteiger partial charge on any atom is 0.494 e. The lowest BCUT2D eigenvalue weighted by atomic mass is 9.77. The van der Waals surface area contributed by atoms with Gasteiger partial charge in [0.05, 0.1) is 11.2 Å². The summed E-state index contributed by atoms with van der Waals surface area (Å²) in [4.78, 5) is 0. The Morgan fingerprint density at radius 1 is 1.09 bits per heavy atom. The van der Waals surface area contributed by atoms with Crippen molar-refractivity contribution >= 4 is 29.9 Å². The fraction of sp³-hybridized carbons (Fsp3) is 0.579. The van der Waals surface area contributed by atoms with Crippen LogP contribution in [0, 0.1) is 0 Å².